The van der Waals surface area contributed by atoms with Crippen LogP contribution in [0.4, 0.5) is 24.5 Å². The van der Waals surface area contributed by atoms with Crippen molar-refractivity contribution in [2.45, 2.75) is 55.0 Å². The number of hydrogen-bond donors (Lipinski definition) is 4. The fourth-order valence-corrected chi connectivity index (χ4v) is 8.13. The number of nitrogens with one attached hydrogen (secondary N) is 2. The van der Waals surface area contributed by atoms with Crippen LogP contribution >= 0.6 is 0 Å². The van der Waals surface area contributed by atoms with Crippen molar-refractivity contribution >= 4 is 43.4 Å². The molecule has 4 N–H and O–H groups in total. The quantitative estimate of drug-likeness (QED) is 0.0793. The molecule has 15 heteroatoms. The van der Waals surface area contributed by atoms with E-state index >= 15 is 0 Å². The monoisotopic (exact) mass is 858 g/mol. The van der Waals surface area contributed by atoms with Gasteiger partial charge in [0.2, 0.25) is 0 Å². The van der Waals surface area contributed by atoms with E-state index < -0.39 is 43.7 Å². The topological polar surface area (TPSA) is 167 Å². The van der Waals surface area contributed by atoms with Crippen molar-refractivity contribution < 1.29 is 49.8 Å². The Labute approximate surface area is 346 Å². The number of anilines is 2. The standard InChI is InChI=1S/C23H23NO4S.C22H18F3NO4S/c1-2-17-11-13-22(14-12-17)29(27,28)24-21-8-4-6-19(16-21)10-9-18-5-3-7-20(15-18)23(25)26;23-22(24,25)18-9-11-20(12-10-18)31(29,30)26-19-6-2-4-16(14-19)8-7-15-3-1-5-17(13-15)21(27)28/h3-8,11-16,24H,2,9-10H2,1H3,(H,25,26);1-6,9-14,26H,7-8H2,(H,27,28). The molecule has 60 heavy (non-hydrogen) atoms. The van der Waals surface area contributed by atoms with E-state index in [-0.39, 0.29) is 26.6 Å². The van der Waals surface area contributed by atoms with Crippen LogP contribution in [0.1, 0.15) is 61.0 Å². The third kappa shape index (κ3) is 12.8. The minimum Gasteiger partial charge on any atom is -0.478 e. The lowest BCUT2D eigenvalue weighted by Gasteiger charge is -2.11. The minimum absolute atomic E-state index is 0.190. The molecule has 312 valence electrons. The predicted octanol–water partition coefficient (Wildman–Crippen LogP) is 9.52. The number of carboxylic acids is 2. The second-order valence-corrected chi connectivity index (χ2v) is 17.0. The summed E-state index contributed by atoms with van der Waals surface area (Å²) in [7, 11) is -7.71. The van der Waals surface area contributed by atoms with Crippen LogP contribution in [0.3, 0.4) is 0 Å². The van der Waals surface area contributed by atoms with Gasteiger partial charge >= 0.3 is 18.1 Å². The highest BCUT2D eigenvalue weighted by atomic mass is 32.2. The molecule has 0 aliphatic carbocycles. The number of aryl methyl sites for hydroxylation is 5. The lowest BCUT2D eigenvalue weighted by Crippen LogP contribution is -2.14. The minimum atomic E-state index is -4.55. The van der Waals surface area contributed by atoms with Gasteiger partial charge < -0.3 is 10.2 Å². The summed E-state index contributed by atoms with van der Waals surface area (Å²) in [6.07, 6.45) is -1.27. The first-order valence-corrected chi connectivity index (χ1v) is 21.5. The van der Waals surface area contributed by atoms with Crippen LogP contribution in [0.15, 0.2) is 155 Å². The Kier molecular flexibility index (Phi) is 14.5. The number of sulfonamides is 2. The van der Waals surface area contributed by atoms with Crippen molar-refractivity contribution in [3.8, 4) is 0 Å². The number of halogens is 3. The van der Waals surface area contributed by atoms with Gasteiger partial charge in [-0.3, -0.25) is 9.44 Å². The van der Waals surface area contributed by atoms with Crippen molar-refractivity contribution in [2.75, 3.05) is 9.44 Å². The molecular formula is C45H41F3N2O8S2. The zero-order valence-corrected chi connectivity index (χ0v) is 33.8. The van der Waals surface area contributed by atoms with Gasteiger partial charge in [-0.25, -0.2) is 26.4 Å². The van der Waals surface area contributed by atoms with Gasteiger partial charge in [0.1, 0.15) is 0 Å². The van der Waals surface area contributed by atoms with Crippen LogP contribution in [0.25, 0.3) is 0 Å². The molecule has 6 aromatic carbocycles. The van der Waals surface area contributed by atoms with Gasteiger partial charge in [0, 0.05) is 11.4 Å². The fraction of sp³-hybridized carbons (Fsp3) is 0.156. The van der Waals surface area contributed by atoms with Crippen LogP contribution < -0.4 is 9.44 Å². The molecule has 0 saturated heterocycles. The molecule has 0 aromatic heterocycles. The Bertz CT molecular complexity index is 2670. The predicted molar refractivity (Wildman–Crippen MR) is 223 cm³/mol. The number of carbonyl (C=O) groups is 2. The average Bonchev–Trinajstić information content (AvgIpc) is 3.22. The summed E-state index contributed by atoms with van der Waals surface area (Å²) >= 11 is 0. The molecule has 6 aromatic rings. The van der Waals surface area contributed by atoms with Crippen LogP contribution in [-0.2, 0) is 58.3 Å². The van der Waals surface area contributed by atoms with E-state index in [0.29, 0.717) is 31.4 Å². The maximum atomic E-state index is 12.7. The Balaban J connectivity index is 0.000000228. The summed E-state index contributed by atoms with van der Waals surface area (Å²) in [4.78, 5) is 22.1. The Morgan fingerprint density at radius 3 is 1.20 bits per heavy atom. The molecule has 0 amide bonds. The molecule has 0 unspecified atom stereocenters. The molecule has 0 bridgehead atoms. The molecule has 0 atom stereocenters. The van der Waals surface area contributed by atoms with Crippen molar-refractivity contribution in [3.63, 3.8) is 0 Å². The van der Waals surface area contributed by atoms with Crippen LogP contribution in [0.2, 0.25) is 0 Å². The van der Waals surface area contributed by atoms with Gasteiger partial charge in [-0.2, -0.15) is 13.2 Å². The molecule has 10 nitrogen and oxygen atoms in total. The van der Waals surface area contributed by atoms with E-state index in [4.69, 9.17) is 10.2 Å². The Morgan fingerprint density at radius 1 is 0.500 bits per heavy atom. The van der Waals surface area contributed by atoms with E-state index in [0.717, 1.165) is 58.5 Å². The average molecular weight is 859 g/mol. The summed E-state index contributed by atoms with van der Waals surface area (Å²) in [5, 5.41) is 18.2. The molecular weight excluding hydrogens is 818 g/mol. The number of benzene rings is 6. The van der Waals surface area contributed by atoms with Gasteiger partial charge in [0.15, 0.2) is 0 Å². The summed E-state index contributed by atoms with van der Waals surface area (Å²) in [6.45, 7) is 2.02. The summed E-state index contributed by atoms with van der Waals surface area (Å²) < 4.78 is 93.3. The first-order valence-electron chi connectivity index (χ1n) is 18.6. The molecule has 0 radical (unpaired) electrons. The van der Waals surface area contributed by atoms with Gasteiger partial charge in [-0.05, 0) is 145 Å². The first kappa shape index (κ1) is 44.6. The number of alkyl halides is 3. The number of carboxylic acid groups (broad SMARTS) is 2. The number of aromatic carboxylic acids is 2. The normalized spacial score (nSPS) is 11.5. The fourth-order valence-electron chi connectivity index (χ4n) is 6.03. The maximum Gasteiger partial charge on any atom is 0.416 e. The third-order valence-corrected chi connectivity index (χ3v) is 12.0. The molecule has 6 rings (SSSR count). The highest BCUT2D eigenvalue weighted by Gasteiger charge is 2.30. The van der Waals surface area contributed by atoms with Crippen LogP contribution in [0, 0.1) is 0 Å². The van der Waals surface area contributed by atoms with Crippen molar-refractivity contribution in [1.82, 2.24) is 0 Å². The van der Waals surface area contributed by atoms with Gasteiger partial charge in [0.25, 0.3) is 20.0 Å². The van der Waals surface area contributed by atoms with Crippen molar-refractivity contribution in [2.24, 2.45) is 0 Å². The van der Waals surface area contributed by atoms with E-state index in [1.807, 2.05) is 37.3 Å². The highest BCUT2D eigenvalue weighted by molar-refractivity contribution is 7.93. The molecule has 0 aliphatic rings. The molecule has 0 saturated carbocycles. The summed E-state index contributed by atoms with van der Waals surface area (Å²) in [5.41, 5.74) is 4.91. The van der Waals surface area contributed by atoms with Crippen LogP contribution in [-0.4, -0.2) is 39.0 Å². The molecule has 0 aliphatic heterocycles. The second kappa shape index (κ2) is 19.5. The SMILES string of the molecule is CCc1ccc(S(=O)(=O)Nc2cccc(CCc3cccc(C(=O)O)c3)c2)cc1.O=C(O)c1cccc(CCc2cccc(NS(=O)(=O)c3ccc(C(F)(F)F)cc3)c2)c1. The lowest BCUT2D eigenvalue weighted by atomic mass is 10.0. The largest absolute Gasteiger partial charge is 0.478 e. The third-order valence-electron chi connectivity index (χ3n) is 9.24. The van der Waals surface area contributed by atoms with E-state index in [9.17, 15) is 39.6 Å². The van der Waals surface area contributed by atoms with Crippen molar-refractivity contribution in [3.05, 3.63) is 190 Å². The lowest BCUT2D eigenvalue weighted by molar-refractivity contribution is -0.137. The van der Waals surface area contributed by atoms with Gasteiger partial charge in [0.05, 0.1) is 26.5 Å². The maximum absolute atomic E-state index is 12.7. The van der Waals surface area contributed by atoms with Gasteiger partial charge in [-0.15, -0.1) is 0 Å². The summed E-state index contributed by atoms with van der Waals surface area (Å²) in [6, 6.07) is 37.4. The van der Waals surface area contributed by atoms with E-state index in [2.05, 4.69) is 9.44 Å². The summed E-state index contributed by atoms with van der Waals surface area (Å²) in [5.74, 6) is -1.96. The zero-order valence-electron chi connectivity index (χ0n) is 32.2. The Hall–Kier alpha value is -6.45. The molecule has 0 heterocycles. The second-order valence-electron chi connectivity index (χ2n) is 13.6. The smallest absolute Gasteiger partial charge is 0.416 e. The van der Waals surface area contributed by atoms with Crippen molar-refractivity contribution in [1.29, 1.82) is 0 Å². The zero-order chi connectivity index (χ0) is 43.5. The molecule has 0 spiro atoms. The Morgan fingerprint density at radius 2 is 0.850 bits per heavy atom. The van der Waals surface area contributed by atoms with E-state index in [1.54, 1.807) is 78.9 Å². The number of rotatable bonds is 15. The van der Waals surface area contributed by atoms with E-state index in [1.165, 1.54) is 12.1 Å². The molecule has 0 fully saturated rings. The van der Waals surface area contributed by atoms with Gasteiger partial charge in [-0.1, -0.05) is 67.6 Å². The highest BCUT2D eigenvalue weighted by Crippen LogP contribution is 2.30. The number of hydrogen-bond acceptors (Lipinski definition) is 6. The van der Waals surface area contributed by atoms with Crippen LogP contribution in [0.5, 0.6) is 0 Å². The first-order chi connectivity index (χ1) is 28.4.